The first-order valence-corrected chi connectivity index (χ1v) is 11.4. The van der Waals surface area contributed by atoms with Crippen molar-refractivity contribution in [2.45, 2.75) is 58.9 Å². The number of aromatic nitrogens is 1. The molecule has 0 spiro atoms. The minimum Gasteiger partial charge on any atom is -0.369 e. The van der Waals surface area contributed by atoms with Gasteiger partial charge in [-0.3, -0.25) is 4.79 Å². The Bertz CT molecular complexity index is 622. The lowest BCUT2D eigenvalue weighted by atomic mass is 9.96. The third-order valence-electron chi connectivity index (χ3n) is 5.06. The number of piperidine rings is 1. The number of carbonyl (C=O) groups excluding carboxylic acids is 1. The molecule has 0 aromatic carbocycles. The van der Waals surface area contributed by atoms with E-state index >= 15 is 0 Å². The molecule has 0 radical (unpaired) electrons. The number of nitrogens with zero attached hydrogens (tertiary/aromatic N) is 3. The molecule has 2 rings (SSSR count). The lowest BCUT2D eigenvalue weighted by molar-refractivity contribution is -0.123. The molecular weight excluding hydrogens is 372 g/mol. The third kappa shape index (κ3) is 7.75. The number of nitrogens with two attached hydrogens (primary N) is 1. The summed E-state index contributed by atoms with van der Waals surface area (Å²) in [6, 6.07) is 0. The average molecular weight is 409 g/mol. The molecule has 0 aliphatic carbocycles. The quantitative estimate of drug-likeness (QED) is 0.314. The molecule has 0 saturated carbocycles. The highest BCUT2D eigenvalue weighted by molar-refractivity contribution is 7.09. The Morgan fingerprint density at radius 3 is 2.71 bits per heavy atom. The van der Waals surface area contributed by atoms with Crippen LogP contribution in [0.1, 0.15) is 63.1 Å². The first-order chi connectivity index (χ1) is 13.5. The van der Waals surface area contributed by atoms with Crippen LogP contribution >= 0.6 is 11.3 Å². The van der Waals surface area contributed by atoms with E-state index in [2.05, 4.69) is 51.7 Å². The van der Waals surface area contributed by atoms with Crippen molar-refractivity contribution in [1.82, 2.24) is 20.5 Å². The van der Waals surface area contributed by atoms with Crippen molar-refractivity contribution < 1.29 is 4.79 Å². The van der Waals surface area contributed by atoms with E-state index in [1.165, 1.54) is 0 Å². The van der Waals surface area contributed by atoms with Crippen LogP contribution in [0.5, 0.6) is 0 Å². The summed E-state index contributed by atoms with van der Waals surface area (Å²) in [7, 11) is 0. The SMILES string of the molecule is CCNC(=NCc1nc(C(C)C)cs1)NCCCCN1CCC(C(N)=O)CC1. The van der Waals surface area contributed by atoms with Crippen molar-refractivity contribution in [3.63, 3.8) is 0 Å². The monoisotopic (exact) mass is 408 g/mol. The van der Waals surface area contributed by atoms with E-state index in [-0.39, 0.29) is 11.8 Å². The molecule has 4 N–H and O–H groups in total. The van der Waals surface area contributed by atoms with Gasteiger partial charge in [0, 0.05) is 24.4 Å². The summed E-state index contributed by atoms with van der Waals surface area (Å²) in [5, 5.41) is 9.90. The van der Waals surface area contributed by atoms with Crippen LogP contribution in [0.15, 0.2) is 10.4 Å². The summed E-state index contributed by atoms with van der Waals surface area (Å²) in [4.78, 5) is 23.0. The van der Waals surface area contributed by atoms with Crippen LogP contribution in [0.3, 0.4) is 0 Å². The summed E-state index contributed by atoms with van der Waals surface area (Å²) >= 11 is 1.68. The van der Waals surface area contributed by atoms with Gasteiger partial charge in [-0.25, -0.2) is 9.98 Å². The Labute approximate surface area is 173 Å². The second-order valence-electron chi connectivity index (χ2n) is 7.67. The number of amides is 1. The van der Waals surface area contributed by atoms with E-state index in [4.69, 9.17) is 5.73 Å². The standard InChI is InChI=1S/C20H36N6OS/c1-4-22-20(24-13-18-25-17(14-28-18)15(2)3)23-9-5-6-10-26-11-7-16(8-12-26)19(21)27/h14-16H,4-13H2,1-3H3,(H2,21,27)(H2,22,23,24). The number of thiazole rings is 1. The van der Waals surface area contributed by atoms with E-state index in [0.29, 0.717) is 12.5 Å². The summed E-state index contributed by atoms with van der Waals surface area (Å²) in [6.45, 7) is 11.8. The molecule has 1 aliphatic rings. The van der Waals surface area contributed by atoms with Crippen molar-refractivity contribution in [1.29, 1.82) is 0 Å². The van der Waals surface area contributed by atoms with E-state index in [9.17, 15) is 4.79 Å². The van der Waals surface area contributed by atoms with E-state index < -0.39 is 0 Å². The van der Waals surface area contributed by atoms with Crippen molar-refractivity contribution in [2.24, 2.45) is 16.6 Å². The Kier molecular flexibility index (Phi) is 9.70. The second kappa shape index (κ2) is 12.0. The predicted octanol–water partition coefficient (Wildman–Crippen LogP) is 2.30. The summed E-state index contributed by atoms with van der Waals surface area (Å²) < 4.78 is 0. The molecule has 28 heavy (non-hydrogen) atoms. The van der Waals surface area contributed by atoms with Gasteiger partial charge in [-0.05, 0) is 58.2 Å². The molecule has 0 unspecified atom stereocenters. The van der Waals surface area contributed by atoms with E-state index in [0.717, 1.165) is 75.1 Å². The molecular formula is C20H36N6OS. The lowest BCUT2D eigenvalue weighted by Gasteiger charge is -2.30. The summed E-state index contributed by atoms with van der Waals surface area (Å²) in [5.74, 6) is 1.25. The lowest BCUT2D eigenvalue weighted by Crippen LogP contribution is -2.39. The molecule has 1 aromatic heterocycles. The number of aliphatic imine (C=N–C) groups is 1. The first-order valence-electron chi connectivity index (χ1n) is 10.5. The number of likely N-dealkylation sites (tertiary alicyclic amines) is 1. The molecule has 158 valence electrons. The number of hydrogen-bond acceptors (Lipinski definition) is 5. The zero-order valence-corrected chi connectivity index (χ0v) is 18.4. The maximum absolute atomic E-state index is 11.2. The van der Waals surface area contributed by atoms with Gasteiger partial charge < -0.3 is 21.3 Å². The maximum atomic E-state index is 11.2. The molecule has 1 amide bonds. The second-order valence-corrected chi connectivity index (χ2v) is 8.61. The molecule has 1 aliphatic heterocycles. The van der Waals surface area contributed by atoms with Crippen molar-refractivity contribution in [2.75, 3.05) is 32.7 Å². The molecule has 7 nitrogen and oxygen atoms in total. The first kappa shape index (κ1) is 22.6. The highest BCUT2D eigenvalue weighted by Crippen LogP contribution is 2.18. The predicted molar refractivity (Wildman–Crippen MR) is 117 cm³/mol. The van der Waals surface area contributed by atoms with Gasteiger partial charge in [-0.15, -0.1) is 11.3 Å². The molecule has 1 saturated heterocycles. The van der Waals surface area contributed by atoms with Gasteiger partial charge in [-0.2, -0.15) is 0 Å². The number of hydrogen-bond donors (Lipinski definition) is 3. The van der Waals surface area contributed by atoms with Gasteiger partial charge in [0.2, 0.25) is 5.91 Å². The zero-order chi connectivity index (χ0) is 20.4. The van der Waals surface area contributed by atoms with Crippen LogP contribution in [0.2, 0.25) is 0 Å². The summed E-state index contributed by atoms with van der Waals surface area (Å²) in [5.41, 5.74) is 6.54. The molecule has 1 aromatic rings. The van der Waals surface area contributed by atoms with Crippen LogP contribution < -0.4 is 16.4 Å². The van der Waals surface area contributed by atoms with Crippen LogP contribution in [0.4, 0.5) is 0 Å². The van der Waals surface area contributed by atoms with Gasteiger partial charge in [-0.1, -0.05) is 13.8 Å². The fourth-order valence-corrected chi connectivity index (χ4v) is 4.14. The largest absolute Gasteiger partial charge is 0.369 e. The van der Waals surface area contributed by atoms with E-state index in [1.807, 2.05) is 0 Å². The number of carbonyl (C=O) groups is 1. The zero-order valence-electron chi connectivity index (χ0n) is 17.5. The van der Waals surface area contributed by atoms with Gasteiger partial charge in [0.1, 0.15) is 5.01 Å². The molecule has 1 fully saturated rings. The van der Waals surface area contributed by atoms with Gasteiger partial charge in [0.25, 0.3) is 0 Å². The molecule has 0 atom stereocenters. The van der Waals surface area contributed by atoms with Gasteiger partial charge in [0.05, 0.1) is 12.2 Å². The van der Waals surface area contributed by atoms with Gasteiger partial charge in [0.15, 0.2) is 5.96 Å². The van der Waals surface area contributed by atoms with Crippen LogP contribution in [-0.4, -0.2) is 54.5 Å². The van der Waals surface area contributed by atoms with Crippen molar-refractivity contribution >= 4 is 23.2 Å². The molecule has 0 bridgehead atoms. The number of nitrogens with one attached hydrogen (secondary N) is 2. The minimum absolute atomic E-state index is 0.0752. The fourth-order valence-electron chi connectivity index (χ4n) is 3.26. The van der Waals surface area contributed by atoms with Crippen LogP contribution in [-0.2, 0) is 11.3 Å². The molecule has 8 heteroatoms. The molecule has 2 heterocycles. The van der Waals surface area contributed by atoms with Crippen molar-refractivity contribution in [3.8, 4) is 0 Å². The minimum atomic E-state index is -0.141. The Morgan fingerprint density at radius 2 is 2.11 bits per heavy atom. The fraction of sp³-hybridized carbons (Fsp3) is 0.750. The summed E-state index contributed by atoms with van der Waals surface area (Å²) in [6.07, 6.45) is 4.03. The number of rotatable bonds is 10. The normalized spacial score (nSPS) is 16.5. The Morgan fingerprint density at radius 1 is 1.36 bits per heavy atom. The number of guanidine groups is 1. The Hall–Kier alpha value is -1.67. The highest BCUT2D eigenvalue weighted by atomic mass is 32.1. The highest BCUT2D eigenvalue weighted by Gasteiger charge is 2.22. The third-order valence-corrected chi connectivity index (χ3v) is 5.91. The van der Waals surface area contributed by atoms with Crippen molar-refractivity contribution in [3.05, 3.63) is 16.1 Å². The number of primary amides is 1. The Balaban J connectivity index is 1.65. The maximum Gasteiger partial charge on any atom is 0.220 e. The topological polar surface area (TPSA) is 95.6 Å². The smallest absolute Gasteiger partial charge is 0.220 e. The van der Waals surface area contributed by atoms with Gasteiger partial charge >= 0.3 is 0 Å². The average Bonchev–Trinajstić information content (AvgIpc) is 3.15. The van der Waals surface area contributed by atoms with Crippen LogP contribution in [0, 0.1) is 5.92 Å². The number of unbranched alkanes of at least 4 members (excludes halogenated alkanes) is 1. The van der Waals surface area contributed by atoms with Crippen LogP contribution in [0.25, 0.3) is 0 Å². The van der Waals surface area contributed by atoms with E-state index in [1.54, 1.807) is 11.3 Å².